The van der Waals surface area contributed by atoms with E-state index in [-0.39, 0.29) is 5.91 Å². The SMILES string of the molecule is Nc1ccc(-c2ccccc2)cc1NC(=O)CCc1cn(CCc2cccc(Cl)c2)nn1. The molecule has 162 valence electrons. The van der Waals surface area contributed by atoms with Gasteiger partial charge in [0, 0.05) is 30.6 Å². The number of carbonyl (C=O) groups excluding carboxylic acids is 1. The second-order valence-electron chi connectivity index (χ2n) is 7.57. The van der Waals surface area contributed by atoms with Gasteiger partial charge in [-0.25, -0.2) is 0 Å². The fraction of sp³-hybridized carbons (Fsp3) is 0.160. The maximum atomic E-state index is 12.5. The van der Waals surface area contributed by atoms with Crippen LogP contribution in [0.1, 0.15) is 17.7 Å². The predicted molar refractivity (Wildman–Crippen MR) is 128 cm³/mol. The number of benzene rings is 3. The van der Waals surface area contributed by atoms with Crippen molar-refractivity contribution in [2.24, 2.45) is 0 Å². The molecule has 32 heavy (non-hydrogen) atoms. The Labute approximate surface area is 192 Å². The summed E-state index contributed by atoms with van der Waals surface area (Å²) in [6.07, 6.45) is 3.48. The minimum Gasteiger partial charge on any atom is -0.397 e. The number of nitrogen functional groups attached to an aromatic ring is 1. The molecule has 0 aliphatic rings. The summed E-state index contributed by atoms with van der Waals surface area (Å²) in [4.78, 5) is 12.5. The van der Waals surface area contributed by atoms with E-state index in [0.717, 1.165) is 33.8 Å². The van der Waals surface area contributed by atoms with Gasteiger partial charge in [0.05, 0.1) is 17.1 Å². The van der Waals surface area contributed by atoms with E-state index < -0.39 is 0 Å². The number of aryl methyl sites for hydroxylation is 3. The van der Waals surface area contributed by atoms with E-state index in [9.17, 15) is 4.79 Å². The number of carbonyl (C=O) groups is 1. The van der Waals surface area contributed by atoms with Crippen molar-refractivity contribution in [3.63, 3.8) is 0 Å². The normalized spacial score (nSPS) is 10.8. The average Bonchev–Trinajstić information content (AvgIpc) is 3.26. The van der Waals surface area contributed by atoms with Crippen molar-refractivity contribution in [1.82, 2.24) is 15.0 Å². The summed E-state index contributed by atoms with van der Waals surface area (Å²) in [5, 5.41) is 12.0. The van der Waals surface area contributed by atoms with E-state index in [2.05, 4.69) is 15.6 Å². The first kappa shape index (κ1) is 21.6. The highest BCUT2D eigenvalue weighted by Gasteiger charge is 2.10. The van der Waals surface area contributed by atoms with Gasteiger partial charge in [-0.2, -0.15) is 0 Å². The zero-order valence-corrected chi connectivity index (χ0v) is 18.3. The van der Waals surface area contributed by atoms with Crippen LogP contribution in [0.15, 0.2) is 79.0 Å². The molecule has 1 aromatic heterocycles. The summed E-state index contributed by atoms with van der Waals surface area (Å²) >= 11 is 6.03. The molecule has 0 aliphatic heterocycles. The number of halogens is 1. The van der Waals surface area contributed by atoms with Gasteiger partial charge in [-0.3, -0.25) is 9.48 Å². The quantitative estimate of drug-likeness (QED) is 0.374. The molecule has 4 rings (SSSR count). The Morgan fingerprint density at radius 3 is 2.62 bits per heavy atom. The van der Waals surface area contributed by atoms with Gasteiger partial charge in [-0.05, 0) is 47.4 Å². The number of nitrogens with two attached hydrogens (primary N) is 1. The van der Waals surface area contributed by atoms with Gasteiger partial charge in [0.2, 0.25) is 5.91 Å². The van der Waals surface area contributed by atoms with Gasteiger partial charge in [0.1, 0.15) is 0 Å². The van der Waals surface area contributed by atoms with E-state index in [1.807, 2.05) is 79.0 Å². The van der Waals surface area contributed by atoms with Crippen LogP contribution in [0.25, 0.3) is 11.1 Å². The maximum Gasteiger partial charge on any atom is 0.224 e. The maximum absolute atomic E-state index is 12.5. The molecule has 1 amide bonds. The third kappa shape index (κ3) is 5.74. The highest BCUT2D eigenvalue weighted by atomic mass is 35.5. The van der Waals surface area contributed by atoms with Crippen LogP contribution in [0.4, 0.5) is 11.4 Å². The van der Waals surface area contributed by atoms with Crippen molar-refractivity contribution in [3.05, 3.63) is 95.3 Å². The number of anilines is 2. The molecule has 3 N–H and O–H groups in total. The van der Waals surface area contributed by atoms with Crippen LogP contribution in [-0.2, 0) is 24.2 Å². The van der Waals surface area contributed by atoms with Crippen molar-refractivity contribution in [3.8, 4) is 11.1 Å². The molecule has 1 heterocycles. The number of nitrogens with zero attached hydrogens (tertiary/aromatic N) is 3. The fourth-order valence-corrected chi connectivity index (χ4v) is 3.64. The standard InChI is InChI=1S/C25H24ClN5O/c26-21-8-4-5-18(15-21)13-14-31-17-22(29-30-31)10-12-25(32)28-24-16-20(9-11-23(24)27)19-6-2-1-3-7-19/h1-9,11,15-17H,10,12-14,27H2,(H,28,32). The second kappa shape index (κ2) is 10.1. The first-order valence-corrected chi connectivity index (χ1v) is 10.8. The molecular formula is C25H24ClN5O. The minimum atomic E-state index is -0.115. The number of hydrogen-bond acceptors (Lipinski definition) is 4. The zero-order chi connectivity index (χ0) is 22.3. The largest absolute Gasteiger partial charge is 0.397 e. The van der Waals surface area contributed by atoms with Crippen molar-refractivity contribution in [2.75, 3.05) is 11.1 Å². The highest BCUT2D eigenvalue weighted by Crippen LogP contribution is 2.27. The zero-order valence-electron chi connectivity index (χ0n) is 17.5. The molecule has 0 saturated heterocycles. The van der Waals surface area contributed by atoms with Crippen LogP contribution >= 0.6 is 11.6 Å². The Kier molecular flexibility index (Phi) is 6.82. The first-order chi connectivity index (χ1) is 15.6. The number of amides is 1. The molecule has 0 radical (unpaired) electrons. The third-order valence-corrected chi connectivity index (χ3v) is 5.38. The lowest BCUT2D eigenvalue weighted by atomic mass is 10.0. The van der Waals surface area contributed by atoms with Crippen molar-refractivity contribution >= 4 is 28.9 Å². The molecule has 6 nitrogen and oxygen atoms in total. The summed E-state index contributed by atoms with van der Waals surface area (Å²) in [5.41, 5.74) is 11.2. The van der Waals surface area contributed by atoms with Gasteiger partial charge >= 0.3 is 0 Å². The third-order valence-electron chi connectivity index (χ3n) is 5.15. The van der Waals surface area contributed by atoms with Gasteiger partial charge < -0.3 is 11.1 Å². The van der Waals surface area contributed by atoms with Gasteiger partial charge in [0.15, 0.2) is 0 Å². The topological polar surface area (TPSA) is 85.8 Å². The molecule has 0 fully saturated rings. The van der Waals surface area contributed by atoms with Gasteiger partial charge in [-0.15, -0.1) is 5.10 Å². The molecule has 4 aromatic rings. The van der Waals surface area contributed by atoms with Crippen LogP contribution in [-0.4, -0.2) is 20.9 Å². The lowest BCUT2D eigenvalue weighted by molar-refractivity contribution is -0.116. The first-order valence-electron chi connectivity index (χ1n) is 10.4. The minimum absolute atomic E-state index is 0.115. The fourth-order valence-electron chi connectivity index (χ4n) is 3.43. The van der Waals surface area contributed by atoms with Gasteiger partial charge in [-0.1, -0.05) is 65.3 Å². The van der Waals surface area contributed by atoms with Crippen LogP contribution in [0.2, 0.25) is 5.02 Å². The molecule has 0 spiro atoms. The van der Waals surface area contributed by atoms with Crippen LogP contribution in [0.5, 0.6) is 0 Å². The summed E-state index contributed by atoms with van der Waals surface area (Å²) in [5.74, 6) is -0.115. The van der Waals surface area contributed by atoms with Crippen molar-refractivity contribution in [2.45, 2.75) is 25.8 Å². The molecule has 0 saturated carbocycles. The van der Waals surface area contributed by atoms with Gasteiger partial charge in [0.25, 0.3) is 0 Å². The van der Waals surface area contributed by atoms with E-state index >= 15 is 0 Å². The molecule has 3 aromatic carbocycles. The Morgan fingerprint density at radius 1 is 0.969 bits per heavy atom. The summed E-state index contributed by atoms with van der Waals surface area (Å²) in [6, 6.07) is 23.4. The van der Waals surface area contributed by atoms with Crippen LogP contribution in [0.3, 0.4) is 0 Å². The number of rotatable bonds is 8. The van der Waals surface area contributed by atoms with Crippen LogP contribution < -0.4 is 11.1 Å². The number of nitrogens with one attached hydrogen (secondary N) is 1. The Bertz CT molecular complexity index is 1210. The number of aromatic nitrogens is 3. The van der Waals surface area contributed by atoms with Crippen LogP contribution in [0, 0.1) is 0 Å². The molecule has 0 aliphatic carbocycles. The lowest BCUT2D eigenvalue weighted by Crippen LogP contribution is -2.13. The molecule has 0 bridgehead atoms. The smallest absolute Gasteiger partial charge is 0.224 e. The van der Waals surface area contributed by atoms with E-state index in [1.165, 1.54) is 0 Å². The highest BCUT2D eigenvalue weighted by molar-refractivity contribution is 6.30. The Hall–Kier alpha value is -3.64. The Balaban J connectivity index is 1.31. The van der Waals surface area contributed by atoms with Crippen molar-refractivity contribution in [1.29, 1.82) is 0 Å². The molecule has 0 atom stereocenters. The monoisotopic (exact) mass is 445 g/mol. The average molecular weight is 446 g/mol. The Morgan fingerprint density at radius 2 is 1.81 bits per heavy atom. The number of hydrogen-bond donors (Lipinski definition) is 2. The lowest BCUT2D eigenvalue weighted by Gasteiger charge is -2.10. The molecule has 0 unspecified atom stereocenters. The molecule has 7 heteroatoms. The van der Waals surface area contributed by atoms with E-state index in [1.54, 1.807) is 4.68 Å². The summed E-state index contributed by atoms with van der Waals surface area (Å²) < 4.78 is 1.79. The van der Waals surface area contributed by atoms with E-state index in [4.69, 9.17) is 17.3 Å². The van der Waals surface area contributed by atoms with Crippen molar-refractivity contribution < 1.29 is 4.79 Å². The molecular weight excluding hydrogens is 422 g/mol. The van der Waals surface area contributed by atoms with E-state index in [0.29, 0.717) is 30.8 Å². The predicted octanol–water partition coefficient (Wildman–Crippen LogP) is 4.99. The summed E-state index contributed by atoms with van der Waals surface area (Å²) in [7, 11) is 0. The second-order valence-corrected chi connectivity index (χ2v) is 8.01. The summed E-state index contributed by atoms with van der Waals surface area (Å²) in [6.45, 7) is 0.697.